The predicted molar refractivity (Wildman–Crippen MR) is 127 cm³/mol. The van der Waals surface area contributed by atoms with Crippen molar-refractivity contribution >= 4 is 28.3 Å². The number of anilines is 1. The average Bonchev–Trinajstić information content (AvgIpc) is 3.06. The van der Waals surface area contributed by atoms with Crippen molar-refractivity contribution in [3.63, 3.8) is 0 Å². The van der Waals surface area contributed by atoms with Gasteiger partial charge in [-0.15, -0.1) is 13.2 Å². The summed E-state index contributed by atoms with van der Waals surface area (Å²) in [5, 5.41) is 13.5. The van der Waals surface area contributed by atoms with Crippen LogP contribution in [0.5, 0.6) is 5.75 Å². The summed E-state index contributed by atoms with van der Waals surface area (Å²) in [7, 11) is 0. The number of fused-ring (bicyclic) bond motifs is 3. The van der Waals surface area contributed by atoms with Crippen molar-refractivity contribution in [2.45, 2.75) is 50.8 Å². The van der Waals surface area contributed by atoms with Crippen LogP contribution in [0.3, 0.4) is 0 Å². The van der Waals surface area contributed by atoms with E-state index in [1.165, 1.54) is 12.3 Å². The van der Waals surface area contributed by atoms with Gasteiger partial charge >= 0.3 is 6.36 Å². The first kappa shape index (κ1) is 24.8. The van der Waals surface area contributed by atoms with Crippen molar-refractivity contribution in [1.29, 1.82) is 0 Å². The van der Waals surface area contributed by atoms with Gasteiger partial charge in [0.2, 0.25) is 0 Å². The number of carbonyl (C=O) groups excluding carboxylic acids is 1. The van der Waals surface area contributed by atoms with Crippen molar-refractivity contribution in [3.05, 3.63) is 52.6 Å². The molecule has 2 aromatic heterocycles. The molecule has 37 heavy (non-hydrogen) atoms. The highest BCUT2D eigenvalue weighted by Gasteiger charge is 2.33. The minimum absolute atomic E-state index is 0.0808. The van der Waals surface area contributed by atoms with Gasteiger partial charge in [0.05, 0.1) is 17.5 Å². The lowest BCUT2D eigenvalue weighted by molar-refractivity contribution is -0.274. The molecule has 0 spiro atoms. The molecule has 1 aromatic carbocycles. The number of amides is 1. The normalized spacial score (nSPS) is 18.2. The van der Waals surface area contributed by atoms with Gasteiger partial charge in [-0.05, 0) is 55.7 Å². The quantitative estimate of drug-likeness (QED) is 0.149. The van der Waals surface area contributed by atoms with E-state index in [4.69, 9.17) is 5.73 Å². The Morgan fingerprint density at radius 1 is 1.24 bits per heavy atom. The van der Waals surface area contributed by atoms with E-state index in [1.807, 2.05) is 0 Å². The van der Waals surface area contributed by atoms with E-state index in [0.717, 1.165) is 36.2 Å². The smallest absolute Gasteiger partial charge is 0.411 e. The van der Waals surface area contributed by atoms with Crippen LogP contribution in [0.1, 0.15) is 58.8 Å². The molecule has 0 saturated carbocycles. The van der Waals surface area contributed by atoms with Crippen LogP contribution in [0, 0.1) is 5.82 Å². The number of hydrogen-bond acceptors (Lipinski definition) is 6. The number of pyridine rings is 1. The number of aryl methyl sites for hydroxylation is 1. The minimum Gasteiger partial charge on any atom is -0.411 e. The van der Waals surface area contributed by atoms with Crippen LogP contribution in [-0.4, -0.2) is 51.1 Å². The lowest BCUT2D eigenvalue weighted by Crippen LogP contribution is -2.38. The Hall–Kier alpha value is -3.83. The van der Waals surface area contributed by atoms with Gasteiger partial charge in [-0.2, -0.15) is 0 Å². The Morgan fingerprint density at radius 3 is 2.68 bits per heavy atom. The number of aromatic nitrogens is 2. The molecule has 1 saturated heterocycles. The third kappa shape index (κ3) is 4.92. The maximum absolute atomic E-state index is 15.2. The first-order valence-corrected chi connectivity index (χ1v) is 12.0. The number of hydrogen-bond donors (Lipinski definition) is 3. The molecule has 4 N–H and O–H groups in total. The number of rotatable bonds is 3. The summed E-state index contributed by atoms with van der Waals surface area (Å²) < 4.78 is 56.5. The van der Waals surface area contributed by atoms with Crippen LogP contribution < -0.4 is 10.5 Å². The van der Waals surface area contributed by atoms with E-state index in [1.54, 1.807) is 4.90 Å². The van der Waals surface area contributed by atoms with Crippen LogP contribution in [0.25, 0.3) is 11.0 Å². The Bertz CT molecular complexity index is 1380. The number of oxime groups is 1. The molecule has 0 radical (unpaired) electrons. The number of alkyl halides is 3. The van der Waals surface area contributed by atoms with Crippen molar-refractivity contribution in [2.75, 3.05) is 18.8 Å². The van der Waals surface area contributed by atoms with Gasteiger partial charge in [-0.3, -0.25) is 4.79 Å². The highest BCUT2D eigenvalue weighted by Crippen LogP contribution is 2.39. The third-order valence-corrected chi connectivity index (χ3v) is 7.10. The molecule has 5 rings (SSSR count). The van der Waals surface area contributed by atoms with Crippen LogP contribution in [0.2, 0.25) is 0 Å². The molecule has 1 fully saturated rings. The molecule has 1 aliphatic heterocycles. The average molecular weight is 519 g/mol. The number of likely N-dealkylation sites (tertiary alicyclic amines) is 1. The number of aromatic amines is 1. The van der Waals surface area contributed by atoms with Gasteiger partial charge in [0.1, 0.15) is 17.2 Å². The summed E-state index contributed by atoms with van der Waals surface area (Å²) in [6.45, 7) is 0.645. The topological polar surface area (TPSA) is 117 Å². The maximum atomic E-state index is 15.2. The monoisotopic (exact) mass is 519 g/mol. The molecular formula is C25H25F4N5O3. The zero-order valence-corrected chi connectivity index (χ0v) is 19.7. The molecule has 2 aliphatic rings. The molecule has 3 heterocycles. The van der Waals surface area contributed by atoms with E-state index >= 15 is 4.39 Å². The Balaban J connectivity index is 1.37. The fraction of sp³-hybridized carbons (Fsp3) is 0.400. The molecule has 0 unspecified atom stereocenters. The van der Waals surface area contributed by atoms with Gasteiger partial charge in [0, 0.05) is 47.9 Å². The van der Waals surface area contributed by atoms with Crippen LogP contribution in [-0.2, 0) is 12.8 Å². The van der Waals surface area contributed by atoms with E-state index in [0.29, 0.717) is 61.1 Å². The number of nitrogens with zero attached hydrogens (tertiary/aromatic N) is 3. The highest BCUT2D eigenvalue weighted by atomic mass is 19.4. The van der Waals surface area contributed by atoms with E-state index in [9.17, 15) is 23.2 Å². The standard InChI is InChI=1S/C25H25F4N5O3/c26-18-12-31-23-22(17-10-14(33-36)2-1-3-20(17)32-23)21(18)13-6-8-34(9-7-13)24(35)16-5-4-15(11-19(16)30)37-25(27,28)29/h4-5,11-13,36H,1-3,6-10,30H2,(H,31,32)/b33-14+. The number of halogens is 4. The van der Waals surface area contributed by atoms with Crippen LogP contribution >= 0.6 is 0 Å². The molecule has 0 bridgehead atoms. The summed E-state index contributed by atoms with van der Waals surface area (Å²) >= 11 is 0. The number of benzene rings is 1. The number of ether oxygens (including phenoxy) is 1. The summed E-state index contributed by atoms with van der Waals surface area (Å²) in [6.07, 6.45) is -0.0676. The molecule has 0 atom stereocenters. The lowest BCUT2D eigenvalue weighted by Gasteiger charge is -2.33. The summed E-state index contributed by atoms with van der Waals surface area (Å²) in [4.78, 5) is 22.2. The molecule has 3 aromatic rings. The second-order valence-corrected chi connectivity index (χ2v) is 9.39. The zero-order chi connectivity index (χ0) is 26.3. The number of nitrogens with two attached hydrogens (primary N) is 1. The molecule has 196 valence electrons. The summed E-state index contributed by atoms with van der Waals surface area (Å²) in [5.41, 5.74) is 9.45. The summed E-state index contributed by atoms with van der Waals surface area (Å²) in [6, 6.07) is 3.23. The maximum Gasteiger partial charge on any atom is 0.573 e. The Morgan fingerprint density at radius 2 is 2.00 bits per heavy atom. The number of piperidine rings is 1. The number of H-pyrrole nitrogens is 1. The van der Waals surface area contributed by atoms with Crippen molar-refractivity contribution in [1.82, 2.24) is 14.9 Å². The van der Waals surface area contributed by atoms with Gasteiger partial charge in [-0.1, -0.05) is 5.16 Å². The minimum atomic E-state index is -4.86. The van der Waals surface area contributed by atoms with E-state index < -0.39 is 23.8 Å². The molecular weight excluding hydrogens is 494 g/mol. The number of carbonyl (C=O) groups is 1. The summed E-state index contributed by atoms with van der Waals surface area (Å²) in [5.74, 6) is -1.51. The van der Waals surface area contributed by atoms with Crippen LogP contribution in [0.15, 0.2) is 29.6 Å². The van der Waals surface area contributed by atoms with Gasteiger partial charge in [0.15, 0.2) is 0 Å². The Labute approximate surface area is 209 Å². The molecule has 8 nitrogen and oxygen atoms in total. The van der Waals surface area contributed by atoms with Crippen molar-refractivity contribution in [3.8, 4) is 5.75 Å². The fourth-order valence-corrected chi connectivity index (χ4v) is 5.40. The lowest BCUT2D eigenvalue weighted by atomic mass is 9.86. The first-order valence-electron chi connectivity index (χ1n) is 12.0. The SMILES string of the molecule is Nc1cc(OC(F)(F)F)ccc1C(=O)N1CCC(c2c(F)cnc3[nH]c4c(c23)C/C(=N/O)CCC4)CC1. The first-order chi connectivity index (χ1) is 17.6. The van der Waals surface area contributed by atoms with Crippen molar-refractivity contribution in [2.24, 2.45) is 5.16 Å². The highest BCUT2D eigenvalue weighted by molar-refractivity contribution is 5.99. The number of nitrogen functional groups attached to an aromatic ring is 1. The molecule has 1 amide bonds. The number of nitrogens with one attached hydrogen (secondary N) is 1. The molecule has 12 heteroatoms. The van der Waals surface area contributed by atoms with Gasteiger partial charge in [0.25, 0.3) is 5.91 Å². The van der Waals surface area contributed by atoms with Crippen molar-refractivity contribution < 1.29 is 32.3 Å². The van der Waals surface area contributed by atoms with Gasteiger partial charge in [-0.25, -0.2) is 9.37 Å². The molecule has 1 aliphatic carbocycles. The zero-order valence-electron chi connectivity index (χ0n) is 19.7. The second-order valence-electron chi connectivity index (χ2n) is 9.39. The second kappa shape index (κ2) is 9.56. The van der Waals surface area contributed by atoms with Crippen LogP contribution in [0.4, 0.5) is 23.2 Å². The van der Waals surface area contributed by atoms with E-state index in [2.05, 4.69) is 19.9 Å². The largest absolute Gasteiger partial charge is 0.573 e. The third-order valence-electron chi connectivity index (χ3n) is 7.10. The predicted octanol–water partition coefficient (Wildman–Crippen LogP) is 4.91. The van der Waals surface area contributed by atoms with Gasteiger partial charge < -0.3 is 25.6 Å². The Kier molecular flexibility index (Phi) is 6.42. The fourth-order valence-electron chi connectivity index (χ4n) is 5.40. The van der Waals surface area contributed by atoms with E-state index in [-0.39, 0.29) is 17.2 Å².